The van der Waals surface area contributed by atoms with Crippen LogP contribution in [0.15, 0.2) is 33.7 Å². The fraction of sp³-hybridized carbons (Fsp3) is 0.533. The highest BCUT2D eigenvalue weighted by atomic mass is 127. The predicted octanol–water partition coefficient (Wildman–Crippen LogP) is 2.40. The minimum absolute atomic E-state index is 0. The number of hydrogen-bond donors (Lipinski definition) is 2. The number of benzene rings is 1. The minimum Gasteiger partial charge on any atom is -0.354 e. The van der Waals surface area contributed by atoms with Crippen molar-refractivity contribution in [3.8, 4) is 0 Å². The zero-order chi connectivity index (χ0) is 17.7. The molecule has 1 aromatic carbocycles. The zero-order valence-corrected chi connectivity index (χ0v) is 19.4. The molecule has 2 N–H and O–H groups in total. The van der Waals surface area contributed by atoms with Gasteiger partial charge in [-0.2, -0.15) is 0 Å². The molecule has 0 fully saturated rings. The molecule has 0 aliphatic heterocycles. The molecule has 0 amide bonds. The molecule has 0 aliphatic carbocycles. The lowest BCUT2D eigenvalue weighted by atomic mass is 10.1. The molecule has 0 bridgehead atoms. The second-order valence-electron chi connectivity index (χ2n) is 6.14. The summed E-state index contributed by atoms with van der Waals surface area (Å²) in [6.45, 7) is 4.77. The molecule has 0 aliphatic rings. The number of guanidine groups is 1. The first-order valence-electron chi connectivity index (χ1n) is 7.17. The second kappa shape index (κ2) is 9.93. The van der Waals surface area contributed by atoms with E-state index in [2.05, 4.69) is 31.0 Å². The Morgan fingerprint density at radius 1 is 1.29 bits per heavy atom. The third kappa shape index (κ3) is 9.19. The summed E-state index contributed by atoms with van der Waals surface area (Å²) in [6, 6.07) is 8.09. The van der Waals surface area contributed by atoms with Gasteiger partial charge in [0.1, 0.15) is 0 Å². The Hall–Kier alpha value is -0.390. The van der Waals surface area contributed by atoms with Crippen LogP contribution in [0.1, 0.15) is 19.4 Å². The molecule has 0 saturated heterocycles. The van der Waals surface area contributed by atoms with Gasteiger partial charge in [-0.3, -0.25) is 4.99 Å². The van der Waals surface area contributed by atoms with Crippen LogP contribution in [-0.4, -0.2) is 51.7 Å². The molecule has 0 unspecified atom stereocenters. The molecule has 1 rings (SSSR count). The van der Waals surface area contributed by atoms with Crippen LogP contribution in [0.4, 0.5) is 0 Å². The number of aliphatic imine (C=N–C) groups is 1. The Morgan fingerprint density at radius 3 is 2.29 bits per heavy atom. The van der Waals surface area contributed by atoms with Gasteiger partial charge in [-0.1, -0.05) is 28.1 Å². The molecular formula is C15H26BrIN4O2S. The molecule has 0 spiro atoms. The van der Waals surface area contributed by atoms with Crippen LogP contribution in [0, 0.1) is 0 Å². The Bertz CT molecular complexity index is 648. The van der Waals surface area contributed by atoms with Crippen molar-refractivity contribution in [2.45, 2.75) is 25.9 Å². The van der Waals surface area contributed by atoms with E-state index in [4.69, 9.17) is 0 Å². The molecule has 0 radical (unpaired) electrons. The van der Waals surface area contributed by atoms with Crippen molar-refractivity contribution >= 4 is 55.9 Å². The van der Waals surface area contributed by atoms with Gasteiger partial charge >= 0.3 is 0 Å². The third-order valence-corrected chi connectivity index (χ3v) is 4.51. The molecular weight excluding hydrogens is 507 g/mol. The van der Waals surface area contributed by atoms with Gasteiger partial charge < -0.3 is 10.2 Å². The summed E-state index contributed by atoms with van der Waals surface area (Å²) in [6.07, 6.45) is 1.16. The van der Waals surface area contributed by atoms with Crippen LogP contribution in [0.3, 0.4) is 0 Å². The standard InChI is InChI=1S/C15H25BrN4O2S.HI/c1-15(2,19-23(5,21)22)11-18-14(17-3)20(4)10-12-6-8-13(16)9-7-12;/h6-9,19H,10-11H2,1-5H3,(H,17,18);1H. The predicted molar refractivity (Wildman–Crippen MR) is 114 cm³/mol. The van der Waals surface area contributed by atoms with E-state index in [0.29, 0.717) is 19.0 Å². The van der Waals surface area contributed by atoms with Gasteiger partial charge in [0.05, 0.1) is 6.26 Å². The summed E-state index contributed by atoms with van der Waals surface area (Å²) in [7, 11) is 0.387. The molecule has 138 valence electrons. The van der Waals surface area contributed by atoms with Gasteiger partial charge in [0.2, 0.25) is 10.0 Å². The first kappa shape index (κ1) is 23.6. The number of halogens is 2. The van der Waals surface area contributed by atoms with E-state index in [1.165, 1.54) is 0 Å². The summed E-state index contributed by atoms with van der Waals surface area (Å²) in [4.78, 5) is 6.23. The first-order chi connectivity index (χ1) is 10.5. The lowest BCUT2D eigenvalue weighted by molar-refractivity contribution is 0.422. The summed E-state index contributed by atoms with van der Waals surface area (Å²) < 4.78 is 26.4. The third-order valence-electron chi connectivity index (χ3n) is 3.06. The quantitative estimate of drug-likeness (QED) is 0.335. The number of nitrogens with zero attached hydrogens (tertiary/aromatic N) is 2. The van der Waals surface area contributed by atoms with Gasteiger partial charge in [0.25, 0.3) is 0 Å². The van der Waals surface area contributed by atoms with Gasteiger partial charge in [-0.15, -0.1) is 24.0 Å². The van der Waals surface area contributed by atoms with Crippen molar-refractivity contribution in [3.05, 3.63) is 34.3 Å². The van der Waals surface area contributed by atoms with Crippen LogP contribution in [0.2, 0.25) is 0 Å². The van der Waals surface area contributed by atoms with E-state index in [0.717, 1.165) is 16.3 Å². The van der Waals surface area contributed by atoms with Crippen LogP contribution < -0.4 is 10.0 Å². The van der Waals surface area contributed by atoms with Crippen LogP contribution in [0.25, 0.3) is 0 Å². The maximum atomic E-state index is 11.4. The van der Waals surface area contributed by atoms with Crippen molar-refractivity contribution in [2.75, 3.05) is 26.9 Å². The number of sulfonamides is 1. The summed E-state index contributed by atoms with van der Waals surface area (Å²) in [5.41, 5.74) is 0.550. The maximum absolute atomic E-state index is 11.4. The fourth-order valence-corrected chi connectivity index (χ4v) is 3.50. The fourth-order valence-electron chi connectivity index (χ4n) is 2.16. The average molecular weight is 533 g/mol. The normalized spacial score (nSPS) is 12.5. The summed E-state index contributed by atoms with van der Waals surface area (Å²) >= 11 is 3.42. The number of rotatable bonds is 6. The van der Waals surface area contributed by atoms with Crippen molar-refractivity contribution in [1.29, 1.82) is 0 Å². The van der Waals surface area contributed by atoms with Crippen molar-refractivity contribution in [3.63, 3.8) is 0 Å². The van der Waals surface area contributed by atoms with E-state index in [9.17, 15) is 8.42 Å². The molecule has 0 atom stereocenters. The topological polar surface area (TPSA) is 73.8 Å². The summed E-state index contributed by atoms with van der Waals surface area (Å²) in [5, 5.41) is 3.20. The lowest BCUT2D eigenvalue weighted by Gasteiger charge is -2.29. The van der Waals surface area contributed by atoms with E-state index in [1.54, 1.807) is 7.05 Å². The van der Waals surface area contributed by atoms with Crippen LogP contribution in [0.5, 0.6) is 0 Å². The highest BCUT2D eigenvalue weighted by Crippen LogP contribution is 2.12. The van der Waals surface area contributed by atoms with Crippen molar-refractivity contribution < 1.29 is 8.42 Å². The van der Waals surface area contributed by atoms with Gasteiger partial charge in [-0.05, 0) is 31.5 Å². The highest BCUT2D eigenvalue weighted by Gasteiger charge is 2.22. The maximum Gasteiger partial charge on any atom is 0.209 e. The van der Waals surface area contributed by atoms with Crippen LogP contribution in [-0.2, 0) is 16.6 Å². The van der Waals surface area contributed by atoms with Crippen LogP contribution >= 0.6 is 39.9 Å². The first-order valence-corrected chi connectivity index (χ1v) is 9.86. The van der Waals surface area contributed by atoms with Gasteiger partial charge in [0, 0.05) is 37.2 Å². The molecule has 6 nitrogen and oxygen atoms in total. The Balaban J connectivity index is 0.00000529. The molecule has 0 aromatic heterocycles. The molecule has 1 aromatic rings. The monoisotopic (exact) mass is 532 g/mol. The van der Waals surface area contributed by atoms with E-state index < -0.39 is 15.6 Å². The number of nitrogens with one attached hydrogen (secondary N) is 2. The molecule has 0 saturated carbocycles. The lowest BCUT2D eigenvalue weighted by Crippen LogP contribution is -2.53. The van der Waals surface area contributed by atoms with Crippen molar-refractivity contribution in [2.24, 2.45) is 4.99 Å². The second-order valence-corrected chi connectivity index (χ2v) is 8.81. The van der Waals surface area contributed by atoms with E-state index in [1.807, 2.05) is 50.1 Å². The SMILES string of the molecule is CN=C(NCC(C)(C)NS(C)(=O)=O)N(C)Cc1ccc(Br)cc1.I. The Kier molecular flexibility index (Phi) is 9.77. The Labute approximate surface area is 170 Å². The smallest absolute Gasteiger partial charge is 0.209 e. The molecule has 9 heteroatoms. The van der Waals surface area contributed by atoms with Gasteiger partial charge in [-0.25, -0.2) is 13.1 Å². The minimum atomic E-state index is -3.26. The van der Waals surface area contributed by atoms with E-state index >= 15 is 0 Å². The average Bonchev–Trinajstić information content (AvgIpc) is 2.39. The molecule has 24 heavy (non-hydrogen) atoms. The largest absolute Gasteiger partial charge is 0.354 e. The van der Waals surface area contributed by atoms with E-state index in [-0.39, 0.29) is 24.0 Å². The number of hydrogen-bond acceptors (Lipinski definition) is 3. The highest BCUT2D eigenvalue weighted by molar-refractivity contribution is 14.0. The summed E-state index contributed by atoms with van der Waals surface area (Å²) in [5.74, 6) is 0.705. The zero-order valence-electron chi connectivity index (χ0n) is 14.6. The van der Waals surface area contributed by atoms with Gasteiger partial charge in [0.15, 0.2) is 5.96 Å². The van der Waals surface area contributed by atoms with Crippen molar-refractivity contribution in [1.82, 2.24) is 14.9 Å². The molecule has 0 heterocycles. The Morgan fingerprint density at radius 2 is 1.83 bits per heavy atom.